The lowest BCUT2D eigenvalue weighted by Gasteiger charge is -2.30. The highest BCUT2D eigenvalue weighted by Crippen LogP contribution is 2.39. The first-order valence-electron chi connectivity index (χ1n) is 7.79. The van der Waals surface area contributed by atoms with E-state index in [0.29, 0.717) is 4.73 Å². The molecule has 1 aliphatic carbocycles. The molecule has 0 N–H and O–H groups in total. The van der Waals surface area contributed by atoms with Crippen LogP contribution in [0.25, 0.3) is 10.9 Å². The van der Waals surface area contributed by atoms with Crippen LogP contribution in [-0.2, 0) is 0 Å². The van der Waals surface area contributed by atoms with E-state index < -0.39 is 23.1 Å². The van der Waals surface area contributed by atoms with Gasteiger partial charge in [0.25, 0.3) is 6.20 Å². The molecule has 1 heterocycles. The van der Waals surface area contributed by atoms with Crippen LogP contribution in [0.1, 0.15) is 25.7 Å². The van der Waals surface area contributed by atoms with Gasteiger partial charge in [-0.3, -0.25) is 10.1 Å². The number of nitrogens with zero attached hydrogens (tertiary/aromatic N) is 2. The first-order valence-corrected chi connectivity index (χ1v) is 7.79. The lowest BCUT2D eigenvalue weighted by molar-refractivity contribution is -0.582. The number of ether oxygens (including phenoxy) is 1. The molecule has 1 aliphatic rings. The lowest BCUT2D eigenvalue weighted by atomic mass is 9.87. The highest BCUT2D eigenvalue weighted by molar-refractivity contribution is 5.84. The van der Waals surface area contributed by atoms with Gasteiger partial charge in [-0.1, -0.05) is 6.07 Å². The van der Waals surface area contributed by atoms with Crippen molar-refractivity contribution in [1.82, 2.24) is 0 Å². The Morgan fingerprint density at radius 2 is 1.88 bits per heavy atom. The second-order valence-corrected chi connectivity index (χ2v) is 6.10. The molecule has 6 nitrogen and oxygen atoms in total. The van der Waals surface area contributed by atoms with Crippen molar-refractivity contribution in [2.45, 2.75) is 38.0 Å². The molecule has 0 bridgehead atoms. The number of fused-ring (bicyclic) bond motifs is 1. The Balaban J connectivity index is 1.84. The highest BCUT2D eigenvalue weighted by atomic mass is 19.4. The quantitative estimate of drug-likeness (QED) is 0.362. The van der Waals surface area contributed by atoms with Crippen LogP contribution >= 0.6 is 0 Å². The Kier molecular flexibility index (Phi) is 4.40. The average molecular weight is 356 g/mol. The monoisotopic (exact) mass is 356 g/mol. The van der Waals surface area contributed by atoms with Crippen LogP contribution in [0.3, 0.4) is 0 Å². The minimum atomic E-state index is -4.20. The molecule has 134 valence electrons. The van der Waals surface area contributed by atoms with E-state index in [1.165, 1.54) is 12.1 Å². The summed E-state index contributed by atoms with van der Waals surface area (Å²) in [5, 5.41) is 23.1. The molecule has 0 unspecified atom stereocenters. The number of nitro groups is 1. The molecule has 3 rings (SSSR count). The second kappa shape index (κ2) is 6.38. The van der Waals surface area contributed by atoms with E-state index in [4.69, 9.17) is 4.74 Å². The molecule has 0 spiro atoms. The van der Waals surface area contributed by atoms with Gasteiger partial charge in [0.2, 0.25) is 5.52 Å². The summed E-state index contributed by atoms with van der Waals surface area (Å²) in [5.74, 6) is -1.05. The van der Waals surface area contributed by atoms with Crippen LogP contribution in [0.4, 0.5) is 18.9 Å². The Hall–Kier alpha value is -2.58. The Bertz CT molecular complexity index is 802. The standard InChI is InChI=1S/C16H15F3N2O4/c17-16(18,19)10-4-6-12(7-5-10)25-15-3-1-2-14-13(15)8-11(21(23)24)9-20(14)22/h1-3,8-10,12H,4-7H2/t10-,12-. The third-order valence-electron chi connectivity index (χ3n) is 4.46. The van der Waals surface area contributed by atoms with Gasteiger partial charge in [-0.05, 0) is 31.7 Å². The molecule has 0 saturated heterocycles. The summed E-state index contributed by atoms with van der Waals surface area (Å²) >= 11 is 0. The maximum absolute atomic E-state index is 12.7. The minimum Gasteiger partial charge on any atom is -0.618 e. The molecule has 25 heavy (non-hydrogen) atoms. The second-order valence-electron chi connectivity index (χ2n) is 6.10. The van der Waals surface area contributed by atoms with Crippen LogP contribution in [-0.4, -0.2) is 17.2 Å². The van der Waals surface area contributed by atoms with Gasteiger partial charge in [0.15, 0.2) is 0 Å². The molecule has 0 aliphatic heterocycles. The summed E-state index contributed by atoms with van der Waals surface area (Å²) in [5.41, 5.74) is -0.175. The van der Waals surface area contributed by atoms with Crippen LogP contribution in [0.15, 0.2) is 30.5 Å². The zero-order chi connectivity index (χ0) is 18.2. The summed E-state index contributed by atoms with van der Waals surface area (Å²) in [6.45, 7) is 0. The van der Waals surface area contributed by atoms with E-state index >= 15 is 0 Å². The molecular formula is C16H15F3N2O4. The van der Waals surface area contributed by atoms with Crippen molar-refractivity contribution in [3.8, 4) is 5.75 Å². The molecule has 2 aromatic rings. The Labute approximate surface area is 140 Å². The van der Waals surface area contributed by atoms with Crippen LogP contribution in [0, 0.1) is 21.2 Å². The van der Waals surface area contributed by atoms with Gasteiger partial charge in [0.05, 0.1) is 22.3 Å². The molecule has 0 amide bonds. The van der Waals surface area contributed by atoms with Gasteiger partial charge in [-0.2, -0.15) is 17.9 Å². The maximum Gasteiger partial charge on any atom is 0.391 e. The van der Waals surface area contributed by atoms with Crippen molar-refractivity contribution < 1.29 is 27.6 Å². The van der Waals surface area contributed by atoms with E-state index in [2.05, 4.69) is 0 Å². The number of pyridine rings is 1. The number of rotatable bonds is 3. The van der Waals surface area contributed by atoms with Crippen molar-refractivity contribution in [2.24, 2.45) is 5.92 Å². The smallest absolute Gasteiger partial charge is 0.391 e. The van der Waals surface area contributed by atoms with E-state index in [-0.39, 0.29) is 48.0 Å². The number of alkyl halides is 3. The SMILES string of the molecule is O=[N+]([O-])c1cc2c(O[C@H]3CC[C@H](C(F)(F)F)CC3)cccc2[n+]([O-])c1. The van der Waals surface area contributed by atoms with Crippen molar-refractivity contribution in [3.63, 3.8) is 0 Å². The number of benzene rings is 1. The fourth-order valence-corrected chi connectivity index (χ4v) is 3.13. The third-order valence-corrected chi connectivity index (χ3v) is 4.46. The van der Waals surface area contributed by atoms with Crippen molar-refractivity contribution in [3.05, 3.63) is 45.8 Å². The Morgan fingerprint density at radius 3 is 2.48 bits per heavy atom. The van der Waals surface area contributed by atoms with Gasteiger partial charge in [0, 0.05) is 12.1 Å². The predicted octanol–water partition coefficient (Wildman–Crippen LogP) is 3.88. The largest absolute Gasteiger partial charge is 0.618 e. The van der Waals surface area contributed by atoms with Crippen LogP contribution in [0.2, 0.25) is 0 Å². The van der Waals surface area contributed by atoms with Gasteiger partial charge >= 0.3 is 11.9 Å². The van der Waals surface area contributed by atoms with E-state index in [0.717, 1.165) is 6.20 Å². The van der Waals surface area contributed by atoms with Crippen molar-refractivity contribution >= 4 is 16.6 Å². The molecule has 0 radical (unpaired) electrons. The van der Waals surface area contributed by atoms with Crippen molar-refractivity contribution in [2.75, 3.05) is 0 Å². The third kappa shape index (κ3) is 3.59. The van der Waals surface area contributed by atoms with Gasteiger partial charge in [0.1, 0.15) is 5.75 Å². The van der Waals surface area contributed by atoms with E-state index in [9.17, 15) is 28.5 Å². The maximum atomic E-state index is 12.7. The normalized spacial score (nSPS) is 21.2. The molecule has 0 atom stereocenters. The lowest BCUT2D eigenvalue weighted by Crippen LogP contribution is -2.32. The summed E-state index contributed by atoms with van der Waals surface area (Å²) in [6.07, 6.45) is -3.29. The summed E-state index contributed by atoms with van der Waals surface area (Å²) in [7, 11) is 0. The van der Waals surface area contributed by atoms with Crippen molar-refractivity contribution in [1.29, 1.82) is 0 Å². The molecule has 1 aromatic carbocycles. The highest BCUT2D eigenvalue weighted by Gasteiger charge is 2.41. The van der Waals surface area contributed by atoms with Gasteiger partial charge < -0.3 is 9.94 Å². The summed E-state index contributed by atoms with van der Waals surface area (Å²) in [4.78, 5) is 10.3. The first-order chi connectivity index (χ1) is 11.8. The molecule has 1 saturated carbocycles. The number of halogens is 3. The molecule has 9 heteroatoms. The molecule has 1 fully saturated rings. The molecule has 1 aromatic heterocycles. The zero-order valence-corrected chi connectivity index (χ0v) is 13.0. The summed E-state index contributed by atoms with van der Waals surface area (Å²) < 4.78 is 44.3. The minimum absolute atomic E-state index is 0.0133. The topological polar surface area (TPSA) is 79.3 Å². The summed E-state index contributed by atoms with van der Waals surface area (Å²) in [6, 6.07) is 5.86. The number of hydrogen-bond donors (Lipinski definition) is 0. The molecular weight excluding hydrogens is 341 g/mol. The number of aromatic nitrogens is 1. The van der Waals surface area contributed by atoms with E-state index in [1.54, 1.807) is 12.1 Å². The zero-order valence-electron chi connectivity index (χ0n) is 13.0. The average Bonchev–Trinajstić information content (AvgIpc) is 2.55. The van der Waals surface area contributed by atoms with E-state index in [1.807, 2.05) is 0 Å². The van der Waals surface area contributed by atoms with Crippen LogP contribution < -0.4 is 9.47 Å². The fraction of sp³-hybridized carbons (Fsp3) is 0.438. The fourth-order valence-electron chi connectivity index (χ4n) is 3.13. The predicted molar refractivity (Wildman–Crippen MR) is 82.0 cm³/mol. The van der Waals surface area contributed by atoms with Gasteiger partial charge in [-0.25, -0.2) is 0 Å². The van der Waals surface area contributed by atoms with Crippen LogP contribution in [0.5, 0.6) is 5.75 Å². The number of hydrogen-bond acceptors (Lipinski definition) is 4. The first kappa shape index (κ1) is 17.2. The van der Waals surface area contributed by atoms with Gasteiger partial charge in [-0.15, -0.1) is 0 Å². The Morgan fingerprint density at radius 1 is 1.20 bits per heavy atom.